The number of guanidine groups is 1. The quantitative estimate of drug-likeness (QED) is 0.286. The van der Waals surface area contributed by atoms with Crippen molar-refractivity contribution in [3.05, 3.63) is 34.9 Å². The van der Waals surface area contributed by atoms with Crippen molar-refractivity contribution in [3.8, 4) is 0 Å². The number of benzene rings is 1. The lowest BCUT2D eigenvalue weighted by atomic mass is 9.95. The number of carbonyl (C=O) groups is 1. The van der Waals surface area contributed by atoms with Crippen molar-refractivity contribution in [1.29, 1.82) is 0 Å². The van der Waals surface area contributed by atoms with E-state index in [-0.39, 0.29) is 29.9 Å². The molecule has 1 saturated heterocycles. The van der Waals surface area contributed by atoms with Gasteiger partial charge in [0.15, 0.2) is 5.96 Å². The summed E-state index contributed by atoms with van der Waals surface area (Å²) in [5.41, 5.74) is 6.62. The number of aryl methyl sites for hydroxylation is 1. The van der Waals surface area contributed by atoms with E-state index in [0.29, 0.717) is 12.3 Å². The Balaban J connectivity index is 0.00000312. The van der Waals surface area contributed by atoms with Crippen LogP contribution in [-0.2, 0) is 11.2 Å². The lowest BCUT2D eigenvalue weighted by Crippen LogP contribution is -2.47. The predicted octanol–water partition coefficient (Wildman–Crippen LogP) is 3.05. The molecule has 0 saturated carbocycles. The van der Waals surface area contributed by atoms with Crippen LogP contribution in [0, 0.1) is 5.92 Å². The zero-order chi connectivity index (χ0) is 17.4. The first kappa shape index (κ1) is 22.0. The molecule has 1 heterocycles. The highest BCUT2D eigenvalue weighted by Gasteiger charge is 2.23. The highest BCUT2D eigenvalue weighted by atomic mass is 127. The van der Waals surface area contributed by atoms with Crippen LogP contribution in [0.4, 0.5) is 0 Å². The van der Waals surface area contributed by atoms with Gasteiger partial charge in [-0.25, -0.2) is 0 Å². The largest absolute Gasteiger partial charge is 0.370 e. The van der Waals surface area contributed by atoms with Crippen LogP contribution in [0.15, 0.2) is 29.3 Å². The summed E-state index contributed by atoms with van der Waals surface area (Å²) >= 11 is 5.90. The van der Waals surface area contributed by atoms with Crippen molar-refractivity contribution in [3.63, 3.8) is 0 Å². The third kappa shape index (κ3) is 7.81. The third-order valence-corrected chi connectivity index (χ3v) is 4.61. The molecule has 1 aromatic rings. The van der Waals surface area contributed by atoms with Crippen LogP contribution in [0.1, 0.15) is 31.2 Å². The van der Waals surface area contributed by atoms with Gasteiger partial charge in [-0.15, -0.1) is 24.0 Å². The van der Waals surface area contributed by atoms with Crippen molar-refractivity contribution in [2.45, 2.75) is 32.1 Å². The van der Waals surface area contributed by atoms with Gasteiger partial charge >= 0.3 is 0 Å². The highest BCUT2D eigenvalue weighted by Crippen LogP contribution is 2.19. The molecule has 2 rings (SSSR count). The number of amides is 1. The minimum Gasteiger partial charge on any atom is -0.370 e. The average Bonchev–Trinajstić information content (AvgIpc) is 2.56. The Bertz CT molecular complexity index is 565. The molecule has 1 fully saturated rings. The fraction of sp³-hybridized carbons (Fsp3) is 0.556. The van der Waals surface area contributed by atoms with E-state index in [1.165, 1.54) is 5.56 Å². The summed E-state index contributed by atoms with van der Waals surface area (Å²) in [6.07, 6.45) is 4.63. The topological polar surface area (TPSA) is 70.7 Å². The van der Waals surface area contributed by atoms with Gasteiger partial charge in [0.25, 0.3) is 0 Å². The summed E-state index contributed by atoms with van der Waals surface area (Å²) < 4.78 is 0. The van der Waals surface area contributed by atoms with Gasteiger partial charge in [-0.05, 0) is 49.3 Å². The standard InChI is InChI=1S/C18H27ClN4O.HI/c1-21-18(23-11-3-5-15(13-23)12-17(20)24)22-10-2-4-14-6-8-16(19)9-7-14;/h6-9,15H,2-5,10-13H2,1H3,(H2,20,24)(H,21,22);1H. The van der Waals surface area contributed by atoms with E-state index >= 15 is 0 Å². The minimum absolute atomic E-state index is 0. The van der Waals surface area contributed by atoms with Gasteiger partial charge in [0.05, 0.1) is 0 Å². The van der Waals surface area contributed by atoms with E-state index < -0.39 is 0 Å². The fourth-order valence-corrected chi connectivity index (χ4v) is 3.31. The maximum absolute atomic E-state index is 11.1. The zero-order valence-corrected chi connectivity index (χ0v) is 17.8. The number of nitrogens with two attached hydrogens (primary N) is 1. The molecule has 1 unspecified atom stereocenters. The number of nitrogens with zero attached hydrogens (tertiary/aromatic N) is 2. The van der Waals surface area contributed by atoms with Gasteiger partial charge in [-0.3, -0.25) is 9.79 Å². The lowest BCUT2D eigenvalue weighted by Gasteiger charge is -2.34. The van der Waals surface area contributed by atoms with Crippen LogP contribution in [0.2, 0.25) is 5.02 Å². The number of hydrogen-bond donors (Lipinski definition) is 2. The first-order valence-corrected chi connectivity index (χ1v) is 8.94. The van der Waals surface area contributed by atoms with E-state index in [1.807, 2.05) is 12.1 Å². The van der Waals surface area contributed by atoms with Crippen LogP contribution < -0.4 is 11.1 Å². The molecule has 7 heteroatoms. The first-order valence-electron chi connectivity index (χ1n) is 8.57. The Morgan fingerprint density at radius 2 is 2.12 bits per heavy atom. The van der Waals surface area contributed by atoms with Gasteiger partial charge in [0.1, 0.15) is 0 Å². The maximum atomic E-state index is 11.1. The molecule has 0 spiro atoms. The lowest BCUT2D eigenvalue weighted by molar-refractivity contribution is -0.119. The second kappa shape index (κ2) is 11.6. The summed E-state index contributed by atoms with van der Waals surface area (Å²) in [5.74, 6) is 1.04. The van der Waals surface area contributed by atoms with E-state index in [0.717, 1.165) is 56.3 Å². The van der Waals surface area contributed by atoms with Crippen LogP contribution in [0.25, 0.3) is 0 Å². The van der Waals surface area contributed by atoms with Gasteiger partial charge in [-0.1, -0.05) is 23.7 Å². The summed E-state index contributed by atoms with van der Waals surface area (Å²) in [6.45, 7) is 2.69. The number of piperidine rings is 1. The number of halogens is 2. The molecule has 140 valence electrons. The van der Waals surface area contributed by atoms with E-state index in [1.54, 1.807) is 7.05 Å². The SMILES string of the molecule is CN=C(NCCCc1ccc(Cl)cc1)N1CCCC(CC(N)=O)C1.I. The van der Waals surface area contributed by atoms with Gasteiger partial charge in [0.2, 0.25) is 5.91 Å². The van der Waals surface area contributed by atoms with Crippen molar-refractivity contribution < 1.29 is 4.79 Å². The van der Waals surface area contributed by atoms with Crippen molar-refractivity contribution in [2.75, 3.05) is 26.7 Å². The summed E-state index contributed by atoms with van der Waals surface area (Å²) in [5, 5.41) is 4.20. The molecule has 25 heavy (non-hydrogen) atoms. The van der Waals surface area contributed by atoms with Crippen LogP contribution in [0.5, 0.6) is 0 Å². The smallest absolute Gasteiger partial charge is 0.217 e. The number of hydrogen-bond acceptors (Lipinski definition) is 2. The van der Waals surface area contributed by atoms with Gasteiger partial charge < -0.3 is 16.0 Å². The Morgan fingerprint density at radius 1 is 1.40 bits per heavy atom. The molecular weight excluding hydrogens is 451 g/mol. The predicted molar refractivity (Wildman–Crippen MR) is 115 cm³/mol. The first-order chi connectivity index (χ1) is 11.6. The zero-order valence-electron chi connectivity index (χ0n) is 14.7. The molecule has 0 aliphatic carbocycles. The van der Waals surface area contributed by atoms with Crippen molar-refractivity contribution >= 4 is 47.4 Å². The molecule has 0 radical (unpaired) electrons. The Morgan fingerprint density at radius 3 is 2.76 bits per heavy atom. The van der Waals surface area contributed by atoms with Gasteiger partial charge in [-0.2, -0.15) is 0 Å². The molecule has 3 N–H and O–H groups in total. The summed E-state index contributed by atoms with van der Waals surface area (Å²) in [4.78, 5) is 17.7. The summed E-state index contributed by atoms with van der Waals surface area (Å²) in [7, 11) is 1.80. The molecule has 1 aliphatic heterocycles. The second-order valence-electron chi connectivity index (χ2n) is 6.33. The molecule has 0 aromatic heterocycles. The number of aliphatic imine (C=N–C) groups is 1. The number of nitrogens with one attached hydrogen (secondary N) is 1. The van der Waals surface area contributed by atoms with Crippen LogP contribution in [0.3, 0.4) is 0 Å². The molecule has 1 aromatic carbocycles. The van der Waals surface area contributed by atoms with E-state index in [9.17, 15) is 4.79 Å². The number of carbonyl (C=O) groups excluding carboxylic acids is 1. The fourth-order valence-electron chi connectivity index (χ4n) is 3.18. The highest BCUT2D eigenvalue weighted by molar-refractivity contribution is 14.0. The van der Waals surface area contributed by atoms with Gasteiger partial charge in [0, 0.05) is 38.1 Å². The normalized spacial score (nSPS) is 17.8. The molecular formula is C18H28ClIN4O. The monoisotopic (exact) mass is 478 g/mol. The molecule has 1 aliphatic rings. The molecule has 5 nitrogen and oxygen atoms in total. The Hall–Kier alpha value is -1.02. The van der Waals surface area contributed by atoms with E-state index in [2.05, 4.69) is 27.3 Å². The Labute approximate surface area is 172 Å². The molecule has 1 atom stereocenters. The minimum atomic E-state index is -0.215. The van der Waals surface area contributed by atoms with E-state index in [4.69, 9.17) is 17.3 Å². The molecule has 0 bridgehead atoms. The van der Waals surface area contributed by atoms with Crippen LogP contribution in [-0.4, -0.2) is 43.4 Å². The van der Waals surface area contributed by atoms with Crippen molar-refractivity contribution in [2.24, 2.45) is 16.6 Å². The average molecular weight is 479 g/mol. The number of likely N-dealkylation sites (tertiary alicyclic amines) is 1. The summed E-state index contributed by atoms with van der Waals surface area (Å²) in [6, 6.07) is 7.98. The third-order valence-electron chi connectivity index (χ3n) is 4.36. The number of rotatable bonds is 6. The Kier molecular flexibility index (Phi) is 10.2. The number of primary amides is 1. The molecule has 1 amide bonds. The second-order valence-corrected chi connectivity index (χ2v) is 6.77. The maximum Gasteiger partial charge on any atom is 0.217 e. The van der Waals surface area contributed by atoms with Crippen molar-refractivity contribution in [1.82, 2.24) is 10.2 Å². The van der Waals surface area contributed by atoms with Crippen LogP contribution >= 0.6 is 35.6 Å².